The molecule has 0 radical (unpaired) electrons. The van der Waals surface area contributed by atoms with Crippen molar-refractivity contribution in [3.8, 4) is 11.5 Å². The van der Waals surface area contributed by atoms with Gasteiger partial charge in [-0.3, -0.25) is 0 Å². The van der Waals surface area contributed by atoms with E-state index < -0.39 is 40.5 Å². The molecule has 0 amide bonds. The Balaban J connectivity index is 1.25. The molecule has 11 heteroatoms. The molecule has 0 saturated heterocycles. The molecule has 2 aromatic rings. The highest BCUT2D eigenvalue weighted by Crippen LogP contribution is 2.60. The Morgan fingerprint density at radius 1 is 0.860 bits per heavy atom. The molecule has 2 aliphatic carbocycles. The van der Waals surface area contributed by atoms with Crippen LogP contribution in [0, 0.1) is 11.3 Å². The molecule has 2 saturated carbocycles. The molecule has 5 nitrogen and oxygen atoms in total. The molecule has 0 aliphatic heterocycles. The maximum Gasteiger partial charge on any atom is 0.453 e. The van der Waals surface area contributed by atoms with E-state index in [0.29, 0.717) is 31.1 Å². The quantitative estimate of drug-likeness (QED) is 0.174. The van der Waals surface area contributed by atoms with Gasteiger partial charge in [0.1, 0.15) is 21.3 Å². The number of hydrogen-bond donors (Lipinski definition) is 2. The van der Waals surface area contributed by atoms with Gasteiger partial charge in [-0.1, -0.05) is 31.2 Å². The molecule has 43 heavy (non-hydrogen) atoms. The van der Waals surface area contributed by atoms with Crippen molar-refractivity contribution in [1.29, 1.82) is 0 Å². The highest BCUT2D eigenvalue weighted by atomic mass is 32.2. The van der Waals surface area contributed by atoms with E-state index in [1.54, 1.807) is 12.1 Å². The minimum Gasteiger partial charge on any atom is -0.508 e. The molecule has 0 spiro atoms. The van der Waals surface area contributed by atoms with Gasteiger partial charge >= 0.3 is 12.1 Å². The second kappa shape index (κ2) is 13.3. The molecule has 0 aromatic heterocycles. The molecule has 2 aromatic carbocycles. The van der Waals surface area contributed by atoms with Crippen LogP contribution in [-0.2, 0) is 9.84 Å². The summed E-state index contributed by atoms with van der Waals surface area (Å²) in [6.07, 6.45) is -3.29. The number of sulfone groups is 1. The Hall–Kier alpha value is -2.40. The number of rotatable bonds is 13. The van der Waals surface area contributed by atoms with Gasteiger partial charge in [-0.2, -0.15) is 22.0 Å². The molecule has 2 aliphatic rings. The predicted octanol–water partition coefficient (Wildman–Crippen LogP) is 7.77. The first-order chi connectivity index (χ1) is 20.1. The summed E-state index contributed by atoms with van der Waals surface area (Å²) in [7, 11) is -3.71. The van der Waals surface area contributed by atoms with Gasteiger partial charge in [-0.05, 0) is 110 Å². The minimum atomic E-state index is -5.68. The topological polar surface area (TPSA) is 83.8 Å². The van der Waals surface area contributed by atoms with E-state index in [9.17, 15) is 40.6 Å². The van der Waals surface area contributed by atoms with Crippen LogP contribution in [0.3, 0.4) is 0 Å². The lowest BCUT2D eigenvalue weighted by Gasteiger charge is -2.47. The zero-order valence-corrected chi connectivity index (χ0v) is 25.1. The molecule has 0 bridgehead atoms. The number of fused-ring (bicyclic) bond motifs is 1. The summed E-state index contributed by atoms with van der Waals surface area (Å²) in [4.78, 5) is 0. The lowest BCUT2D eigenvalue weighted by atomic mass is 9.58. The molecule has 240 valence electrons. The lowest BCUT2D eigenvalue weighted by Crippen LogP contribution is -2.40. The van der Waals surface area contributed by atoms with Crippen molar-refractivity contribution in [2.45, 2.75) is 94.7 Å². The van der Waals surface area contributed by atoms with Crippen LogP contribution in [0.25, 0.3) is 0 Å². The van der Waals surface area contributed by atoms with E-state index in [2.05, 4.69) is 6.92 Å². The van der Waals surface area contributed by atoms with Gasteiger partial charge in [-0.15, -0.1) is 0 Å². The zero-order valence-electron chi connectivity index (χ0n) is 24.3. The highest BCUT2D eigenvalue weighted by molar-refractivity contribution is 7.91. The summed E-state index contributed by atoms with van der Waals surface area (Å²) < 4.78 is 92.6. The van der Waals surface area contributed by atoms with Crippen LogP contribution in [0.1, 0.15) is 87.7 Å². The van der Waals surface area contributed by atoms with Crippen LogP contribution in [0.5, 0.6) is 11.5 Å². The van der Waals surface area contributed by atoms with Crippen LogP contribution >= 0.6 is 0 Å². The molecule has 4 rings (SSSR count). The Bertz CT molecular complexity index is 1300. The molecular formula is C32H41F5O5S. The standard InChI is InChI=1S/C32H41F5O5S/c1-30-21-28(27(20-24(30)10-15-29(30)39)22-6-11-25(38)12-7-22)23-8-13-26(14-9-23)42-17-3-2-4-18-43(40,41)19-5-16-31(33,34)32(35,36)37/h6-9,11-14,24,27-29,38-39H,2-5,10,15-21H2,1H3/t24-,27-,28+,29-,30-/m0/s1. The number of phenols is 1. The van der Waals surface area contributed by atoms with Crippen LogP contribution < -0.4 is 4.74 Å². The first-order valence-electron chi connectivity index (χ1n) is 15.0. The maximum absolute atomic E-state index is 13.0. The first kappa shape index (κ1) is 33.5. The normalized spacial score (nSPS) is 26.3. The van der Waals surface area contributed by atoms with Crippen molar-refractivity contribution in [1.82, 2.24) is 0 Å². The second-order valence-electron chi connectivity index (χ2n) is 12.5. The summed E-state index contributed by atoms with van der Waals surface area (Å²) in [5.74, 6) is -4.07. The number of hydrogen-bond acceptors (Lipinski definition) is 5. The third-order valence-corrected chi connectivity index (χ3v) is 11.3. The van der Waals surface area contributed by atoms with E-state index in [4.69, 9.17) is 4.74 Å². The monoisotopic (exact) mass is 632 g/mol. The minimum absolute atomic E-state index is 0.144. The fourth-order valence-corrected chi connectivity index (χ4v) is 8.30. The second-order valence-corrected chi connectivity index (χ2v) is 14.8. The third kappa shape index (κ3) is 8.21. The average Bonchev–Trinajstić information content (AvgIpc) is 3.23. The van der Waals surface area contributed by atoms with E-state index in [1.165, 1.54) is 5.56 Å². The molecule has 0 heterocycles. The maximum atomic E-state index is 13.0. The van der Waals surface area contributed by atoms with Gasteiger partial charge in [0.05, 0.1) is 24.2 Å². The summed E-state index contributed by atoms with van der Waals surface area (Å²) in [5, 5.41) is 20.6. The van der Waals surface area contributed by atoms with Crippen molar-refractivity contribution < 1.29 is 45.3 Å². The first-order valence-corrected chi connectivity index (χ1v) is 16.8. The molecule has 0 unspecified atom stereocenters. The van der Waals surface area contributed by atoms with E-state index in [1.807, 2.05) is 36.4 Å². The fourth-order valence-electron chi connectivity index (χ4n) is 6.87. The third-order valence-electron chi connectivity index (χ3n) is 9.53. The van der Waals surface area contributed by atoms with Gasteiger partial charge in [0.25, 0.3) is 0 Å². The summed E-state index contributed by atoms with van der Waals surface area (Å²) >= 11 is 0. The number of phenolic OH excluding ortho intramolecular Hbond substituents is 1. The van der Waals surface area contributed by atoms with Gasteiger partial charge in [-0.25, -0.2) is 8.42 Å². The van der Waals surface area contributed by atoms with Crippen molar-refractivity contribution >= 4 is 9.84 Å². The Labute approximate surface area is 250 Å². The number of halogens is 5. The van der Waals surface area contributed by atoms with E-state index >= 15 is 0 Å². The lowest BCUT2D eigenvalue weighted by molar-refractivity contribution is -0.284. The number of aliphatic hydroxyl groups excluding tert-OH is 1. The van der Waals surface area contributed by atoms with E-state index in [0.717, 1.165) is 31.2 Å². The highest BCUT2D eigenvalue weighted by Gasteiger charge is 2.56. The molecular weight excluding hydrogens is 591 g/mol. The Morgan fingerprint density at radius 3 is 2.12 bits per heavy atom. The Morgan fingerprint density at radius 2 is 1.47 bits per heavy atom. The smallest absolute Gasteiger partial charge is 0.453 e. The molecule has 2 fully saturated rings. The SMILES string of the molecule is C[C@]12C[C@H](c3ccc(OCCCCCS(=O)(=O)CCCC(F)(F)C(F)(F)F)cc3)[C@H](c3ccc(O)cc3)C[C@@H]1CC[C@@H]2O. The van der Waals surface area contributed by atoms with Crippen LogP contribution in [-0.4, -0.2) is 54.9 Å². The van der Waals surface area contributed by atoms with Crippen LogP contribution in [0.15, 0.2) is 48.5 Å². The van der Waals surface area contributed by atoms with Gasteiger partial charge in [0.15, 0.2) is 0 Å². The Kier molecular flexibility index (Phi) is 10.4. The van der Waals surface area contributed by atoms with Gasteiger partial charge < -0.3 is 14.9 Å². The van der Waals surface area contributed by atoms with Crippen molar-refractivity contribution in [3.63, 3.8) is 0 Å². The summed E-state index contributed by atoms with van der Waals surface area (Å²) in [6.45, 7) is 2.55. The number of ether oxygens (including phenoxy) is 1. The zero-order chi connectivity index (χ0) is 31.5. The number of alkyl halides is 5. The number of aromatic hydroxyl groups is 1. The number of benzene rings is 2. The van der Waals surface area contributed by atoms with Crippen molar-refractivity contribution in [2.75, 3.05) is 18.1 Å². The summed E-state index contributed by atoms with van der Waals surface area (Å²) in [5.41, 5.74) is 2.18. The number of unbranched alkanes of at least 4 members (excludes halogenated alkanes) is 2. The summed E-state index contributed by atoms with van der Waals surface area (Å²) in [6, 6.07) is 15.3. The van der Waals surface area contributed by atoms with Crippen LogP contribution in [0.2, 0.25) is 0 Å². The largest absolute Gasteiger partial charge is 0.508 e. The van der Waals surface area contributed by atoms with Crippen LogP contribution in [0.4, 0.5) is 22.0 Å². The van der Waals surface area contributed by atoms with Crippen molar-refractivity contribution in [3.05, 3.63) is 59.7 Å². The van der Waals surface area contributed by atoms with E-state index in [-0.39, 0.29) is 41.3 Å². The van der Waals surface area contributed by atoms with Gasteiger partial charge in [0.2, 0.25) is 0 Å². The molecule has 5 atom stereocenters. The van der Waals surface area contributed by atoms with Crippen molar-refractivity contribution in [2.24, 2.45) is 11.3 Å². The number of aliphatic hydroxyl groups is 1. The average molecular weight is 633 g/mol. The fraction of sp³-hybridized carbons (Fsp3) is 0.625. The van der Waals surface area contributed by atoms with Gasteiger partial charge in [0, 0.05) is 6.42 Å². The molecule has 2 N–H and O–H groups in total. The predicted molar refractivity (Wildman–Crippen MR) is 154 cm³/mol.